The fourth-order valence-corrected chi connectivity index (χ4v) is 3.71. The normalized spacial score (nSPS) is 20.7. The largest absolute Gasteiger partial charge is 0.392 e. The van der Waals surface area contributed by atoms with E-state index in [1.807, 2.05) is 6.92 Å². The first-order valence-electron chi connectivity index (χ1n) is 6.94. The number of aliphatic hydroxyl groups excluding tert-OH is 1. The number of nitrogens with one attached hydrogen (secondary N) is 1. The van der Waals surface area contributed by atoms with Crippen LogP contribution >= 0.6 is 0 Å². The van der Waals surface area contributed by atoms with Gasteiger partial charge in [0.25, 0.3) is 0 Å². The van der Waals surface area contributed by atoms with Crippen molar-refractivity contribution < 1.29 is 5.11 Å². The molecule has 0 spiro atoms. The molecule has 1 unspecified atom stereocenters. The van der Waals surface area contributed by atoms with Crippen LogP contribution in [0.2, 0.25) is 0 Å². The monoisotopic (exact) mass is 247 g/mol. The van der Waals surface area contributed by atoms with Crippen molar-refractivity contribution in [1.82, 2.24) is 5.32 Å². The van der Waals surface area contributed by atoms with Gasteiger partial charge in [-0.2, -0.15) is 0 Å². The summed E-state index contributed by atoms with van der Waals surface area (Å²) >= 11 is 0. The molecule has 1 aliphatic heterocycles. The van der Waals surface area contributed by atoms with Crippen LogP contribution in [0.4, 0.5) is 0 Å². The lowest BCUT2D eigenvalue weighted by atomic mass is 9.66. The first-order chi connectivity index (χ1) is 8.47. The SMILES string of the molecule is Cc1cc(C)c(C2(C(C)O)CCNCC2)c(C)c1. The van der Waals surface area contributed by atoms with E-state index in [0.29, 0.717) is 0 Å². The lowest BCUT2D eigenvalue weighted by molar-refractivity contribution is 0.0724. The minimum Gasteiger partial charge on any atom is -0.392 e. The second-order valence-electron chi connectivity index (χ2n) is 5.86. The van der Waals surface area contributed by atoms with E-state index in [1.165, 1.54) is 22.3 Å². The summed E-state index contributed by atoms with van der Waals surface area (Å²) in [5.74, 6) is 0. The average Bonchev–Trinajstić information content (AvgIpc) is 2.28. The van der Waals surface area contributed by atoms with Crippen molar-refractivity contribution in [2.24, 2.45) is 0 Å². The predicted octanol–water partition coefficient (Wildman–Crippen LogP) is 2.61. The number of aryl methyl sites for hydroxylation is 3. The molecule has 2 rings (SSSR count). The fourth-order valence-electron chi connectivity index (χ4n) is 3.71. The van der Waals surface area contributed by atoms with E-state index in [4.69, 9.17) is 0 Å². The van der Waals surface area contributed by atoms with Gasteiger partial charge in [0, 0.05) is 5.41 Å². The van der Waals surface area contributed by atoms with Crippen LogP contribution in [-0.4, -0.2) is 24.3 Å². The summed E-state index contributed by atoms with van der Waals surface area (Å²) in [5.41, 5.74) is 5.28. The van der Waals surface area contributed by atoms with Gasteiger partial charge in [0.15, 0.2) is 0 Å². The number of aliphatic hydroxyl groups is 1. The Kier molecular flexibility index (Phi) is 3.79. The summed E-state index contributed by atoms with van der Waals surface area (Å²) in [6, 6.07) is 4.49. The first kappa shape index (κ1) is 13.6. The molecule has 2 nitrogen and oxygen atoms in total. The van der Waals surface area contributed by atoms with Crippen LogP contribution in [-0.2, 0) is 5.41 Å². The van der Waals surface area contributed by atoms with Gasteiger partial charge in [-0.1, -0.05) is 17.7 Å². The van der Waals surface area contributed by atoms with Crippen molar-refractivity contribution in [2.75, 3.05) is 13.1 Å². The zero-order valence-corrected chi connectivity index (χ0v) is 12.0. The van der Waals surface area contributed by atoms with E-state index in [9.17, 15) is 5.11 Å². The average molecular weight is 247 g/mol. The van der Waals surface area contributed by atoms with E-state index in [0.717, 1.165) is 25.9 Å². The van der Waals surface area contributed by atoms with Crippen molar-refractivity contribution in [2.45, 2.75) is 52.1 Å². The molecule has 1 aromatic carbocycles. The van der Waals surface area contributed by atoms with Crippen molar-refractivity contribution in [3.63, 3.8) is 0 Å². The van der Waals surface area contributed by atoms with Crippen molar-refractivity contribution in [3.8, 4) is 0 Å². The molecule has 100 valence electrons. The maximum atomic E-state index is 10.4. The molecule has 1 fully saturated rings. The highest BCUT2D eigenvalue weighted by Gasteiger charge is 2.40. The molecule has 2 N–H and O–H groups in total. The molecule has 0 bridgehead atoms. The van der Waals surface area contributed by atoms with Crippen LogP contribution < -0.4 is 5.32 Å². The van der Waals surface area contributed by atoms with Crippen LogP contribution in [0, 0.1) is 20.8 Å². The highest BCUT2D eigenvalue weighted by atomic mass is 16.3. The Morgan fingerprint density at radius 1 is 1.11 bits per heavy atom. The molecule has 0 amide bonds. The molecule has 0 radical (unpaired) electrons. The second-order valence-corrected chi connectivity index (χ2v) is 5.86. The van der Waals surface area contributed by atoms with Crippen LogP contribution in [0.1, 0.15) is 42.0 Å². The third-order valence-electron chi connectivity index (χ3n) is 4.47. The van der Waals surface area contributed by atoms with Crippen molar-refractivity contribution in [3.05, 3.63) is 34.4 Å². The zero-order chi connectivity index (χ0) is 13.3. The van der Waals surface area contributed by atoms with Gasteiger partial charge in [0.2, 0.25) is 0 Å². The Bertz CT molecular complexity index is 408. The van der Waals surface area contributed by atoms with E-state index in [-0.39, 0.29) is 11.5 Å². The van der Waals surface area contributed by atoms with E-state index in [1.54, 1.807) is 0 Å². The molecule has 0 saturated carbocycles. The summed E-state index contributed by atoms with van der Waals surface area (Å²) in [5, 5.41) is 13.8. The molecule has 0 aliphatic carbocycles. The van der Waals surface area contributed by atoms with Crippen LogP contribution in [0.3, 0.4) is 0 Å². The lowest BCUT2D eigenvalue weighted by Gasteiger charge is -2.42. The van der Waals surface area contributed by atoms with E-state index >= 15 is 0 Å². The second kappa shape index (κ2) is 5.02. The van der Waals surface area contributed by atoms with Crippen LogP contribution in [0.15, 0.2) is 12.1 Å². The Morgan fingerprint density at radius 3 is 2.06 bits per heavy atom. The number of hydrogen-bond acceptors (Lipinski definition) is 2. The van der Waals surface area contributed by atoms with Crippen LogP contribution in [0.25, 0.3) is 0 Å². The van der Waals surface area contributed by atoms with Gasteiger partial charge >= 0.3 is 0 Å². The lowest BCUT2D eigenvalue weighted by Crippen LogP contribution is -2.47. The smallest absolute Gasteiger partial charge is 0.0609 e. The molecule has 18 heavy (non-hydrogen) atoms. The fraction of sp³-hybridized carbons (Fsp3) is 0.625. The Morgan fingerprint density at radius 2 is 1.61 bits per heavy atom. The molecule has 1 heterocycles. The molecule has 1 aliphatic rings. The third kappa shape index (κ3) is 2.19. The molecule has 1 saturated heterocycles. The number of hydrogen-bond donors (Lipinski definition) is 2. The predicted molar refractivity (Wildman–Crippen MR) is 76.1 cm³/mol. The topological polar surface area (TPSA) is 32.3 Å². The number of benzene rings is 1. The summed E-state index contributed by atoms with van der Waals surface area (Å²) in [4.78, 5) is 0. The third-order valence-corrected chi connectivity index (χ3v) is 4.47. The Labute approximate surface area is 110 Å². The van der Waals surface area contributed by atoms with Crippen molar-refractivity contribution in [1.29, 1.82) is 0 Å². The standard InChI is InChI=1S/C16H25NO/c1-11-9-12(2)15(13(3)10-11)16(14(4)18)5-7-17-8-6-16/h9-10,14,17-18H,5-8H2,1-4H3. The van der Waals surface area contributed by atoms with Crippen LogP contribution in [0.5, 0.6) is 0 Å². The van der Waals surface area contributed by atoms with E-state index < -0.39 is 0 Å². The van der Waals surface area contributed by atoms with Gasteiger partial charge in [-0.25, -0.2) is 0 Å². The summed E-state index contributed by atoms with van der Waals surface area (Å²) in [7, 11) is 0. The van der Waals surface area contributed by atoms with Gasteiger partial charge in [0.05, 0.1) is 6.10 Å². The first-order valence-corrected chi connectivity index (χ1v) is 6.94. The molecular formula is C16H25NO. The highest BCUT2D eigenvalue weighted by Crippen LogP contribution is 2.40. The Hall–Kier alpha value is -0.860. The van der Waals surface area contributed by atoms with Gasteiger partial charge in [-0.05, 0) is 70.3 Å². The van der Waals surface area contributed by atoms with Gasteiger partial charge in [0.1, 0.15) is 0 Å². The maximum Gasteiger partial charge on any atom is 0.0609 e. The maximum absolute atomic E-state index is 10.4. The molecule has 2 heteroatoms. The molecule has 1 atom stereocenters. The minimum absolute atomic E-state index is 0.0624. The quantitative estimate of drug-likeness (QED) is 0.842. The zero-order valence-electron chi connectivity index (χ0n) is 12.0. The molecular weight excluding hydrogens is 222 g/mol. The van der Waals surface area contributed by atoms with Gasteiger partial charge in [-0.15, -0.1) is 0 Å². The summed E-state index contributed by atoms with van der Waals surface area (Å²) < 4.78 is 0. The summed E-state index contributed by atoms with van der Waals surface area (Å²) in [6.07, 6.45) is 1.75. The van der Waals surface area contributed by atoms with Gasteiger partial charge < -0.3 is 10.4 Å². The summed E-state index contributed by atoms with van der Waals surface area (Å²) in [6.45, 7) is 10.4. The Balaban J connectivity index is 2.55. The molecule has 1 aromatic rings. The number of piperidine rings is 1. The minimum atomic E-state index is -0.292. The molecule has 0 aromatic heterocycles. The van der Waals surface area contributed by atoms with Crippen molar-refractivity contribution >= 4 is 0 Å². The number of rotatable bonds is 2. The highest BCUT2D eigenvalue weighted by molar-refractivity contribution is 5.44. The van der Waals surface area contributed by atoms with Gasteiger partial charge in [-0.3, -0.25) is 0 Å². The van der Waals surface area contributed by atoms with E-state index in [2.05, 4.69) is 38.2 Å².